The maximum absolute atomic E-state index is 12.3. The monoisotopic (exact) mass is 328 g/mol. The van der Waals surface area contributed by atoms with Gasteiger partial charge in [0.15, 0.2) is 0 Å². The molecule has 2 heteroatoms. The molecule has 132 valence electrons. The van der Waals surface area contributed by atoms with E-state index in [1.807, 2.05) is 25.1 Å². The van der Waals surface area contributed by atoms with Gasteiger partial charge >= 0.3 is 5.97 Å². The van der Waals surface area contributed by atoms with Crippen LogP contribution < -0.4 is 0 Å². The summed E-state index contributed by atoms with van der Waals surface area (Å²) in [5.74, 6) is 2.09. The summed E-state index contributed by atoms with van der Waals surface area (Å²) < 4.78 is 5.65. The largest absolute Gasteiger partial charge is 0.461 e. The van der Waals surface area contributed by atoms with E-state index in [0.717, 1.165) is 11.5 Å². The molecule has 0 spiro atoms. The van der Waals surface area contributed by atoms with Crippen LogP contribution in [0.25, 0.3) is 0 Å². The summed E-state index contributed by atoms with van der Waals surface area (Å²) >= 11 is 0. The zero-order valence-electron chi connectivity index (χ0n) is 16.1. The highest BCUT2D eigenvalue weighted by Crippen LogP contribution is 2.37. The smallest absolute Gasteiger partial charge is 0.338 e. The fourth-order valence-corrected chi connectivity index (χ4v) is 3.68. The summed E-state index contributed by atoms with van der Waals surface area (Å²) in [6, 6.07) is 5.76. The summed E-state index contributed by atoms with van der Waals surface area (Å²) in [4.78, 5) is 12.3. The molecule has 1 aromatic rings. The molecule has 0 aliphatic heterocycles. The van der Waals surface area contributed by atoms with Gasteiger partial charge in [-0.2, -0.15) is 0 Å². The zero-order valence-corrected chi connectivity index (χ0v) is 16.1. The van der Waals surface area contributed by atoms with Crippen LogP contribution in [0.1, 0.15) is 62.0 Å². The van der Waals surface area contributed by atoms with Crippen molar-refractivity contribution < 1.29 is 9.53 Å². The van der Waals surface area contributed by atoms with Gasteiger partial charge in [-0.25, -0.2) is 4.79 Å². The molecule has 2 nitrogen and oxygen atoms in total. The van der Waals surface area contributed by atoms with Gasteiger partial charge in [-0.3, -0.25) is 0 Å². The van der Waals surface area contributed by atoms with Crippen LogP contribution in [0.4, 0.5) is 0 Å². The lowest BCUT2D eigenvalue weighted by atomic mass is 9.72. The second-order valence-electron chi connectivity index (χ2n) is 7.68. The first kappa shape index (κ1) is 18.8. The average molecular weight is 328 g/mol. The Bertz CT molecular complexity index is 614. The van der Waals surface area contributed by atoms with Crippen molar-refractivity contribution in [1.29, 1.82) is 0 Å². The van der Waals surface area contributed by atoms with Crippen molar-refractivity contribution in [3.8, 4) is 0 Å². The molecular weight excluding hydrogens is 296 g/mol. The van der Waals surface area contributed by atoms with Crippen LogP contribution in [-0.2, 0) is 4.74 Å². The molecular formula is C22H32O2. The van der Waals surface area contributed by atoms with Crippen LogP contribution in [0.15, 0.2) is 29.8 Å². The van der Waals surface area contributed by atoms with Crippen LogP contribution in [0, 0.1) is 37.5 Å². The normalized spacial score (nSPS) is 25.1. The molecule has 0 fully saturated rings. The van der Waals surface area contributed by atoms with E-state index < -0.39 is 0 Å². The van der Waals surface area contributed by atoms with Crippen LogP contribution >= 0.6 is 0 Å². The number of carbonyl (C=O) groups is 1. The predicted molar refractivity (Wildman–Crippen MR) is 100 cm³/mol. The average Bonchev–Trinajstić information content (AvgIpc) is 2.55. The Morgan fingerprint density at radius 1 is 1.25 bits per heavy atom. The molecule has 1 aromatic carbocycles. The van der Waals surface area contributed by atoms with Gasteiger partial charge in [-0.05, 0) is 68.2 Å². The van der Waals surface area contributed by atoms with Crippen molar-refractivity contribution in [2.24, 2.45) is 23.7 Å². The Labute approximate surface area is 147 Å². The topological polar surface area (TPSA) is 26.3 Å². The van der Waals surface area contributed by atoms with Crippen LogP contribution in [0.3, 0.4) is 0 Å². The minimum atomic E-state index is -0.206. The number of allylic oxidation sites excluding steroid dienone is 1. The van der Waals surface area contributed by atoms with Gasteiger partial charge in [-0.15, -0.1) is 0 Å². The van der Waals surface area contributed by atoms with Gasteiger partial charge in [0.25, 0.3) is 0 Å². The highest BCUT2D eigenvalue weighted by atomic mass is 16.5. The molecule has 4 atom stereocenters. The number of ether oxygens (including phenoxy) is 1. The van der Waals surface area contributed by atoms with Crippen LogP contribution in [0.5, 0.6) is 0 Å². The summed E-state index contributed by atoms with van der Waals surface area (Å²) in [6.07, 6.45) is 4.83. The third kappa shape index (κ3) is 4.28. The van der Waals surface area contributed by atoms with Gasteiger partial charge in [0.05, 0.1) is 12.2 Å². The first-order valence-corrected chi connectivity index (χ1v) is 9.26. The highest BCUT2D eigenvalue weighted by Gasteiger charge is 2.30. The Kier molecular flexibility index (Phi) is 6.26. The SMILES string of the molecule is CCC(C)C1C=C(C)C(COC(=O)c2ccc(C)c(C)c2)C(C)C1. The van der Waals surface area contributed by atoms with Gasteiger partial charge in [0.1, 0.15) is 0 Å². The van der Waals surface area contributed by atoms with E-state index in [4.69, 9.17) is 4.74 Å². The molecule has 0 amide bonds. The third-order valence-corrected chi connectivity index (χ3v) is 5.90. The molecule has 0 bridgehead atoms. The molecule has 0 heterocycles. The number of hydrogen-bond acceptors (Lipinski definition) is 2. The lowest BCUT2D eigenvalue weighted by molar-refractivity contribution is 0.0408. The van der Waals surface area contributed by atoms with Gasteiger partial charge in [-0.1, -0.05) is 44.9 Å². The van der Waals surface area contributed by atoms with Crippen molar-refractivity contribution in [2.45, 2.75) is 54.4 Å². The second kappa shape index (κ2) is 8.00. The summed E-state index contributed by atoms with van der Waals surface area (Å²) in [7, 11) is 0. The number of benzene rings is 1. The molecule has 0 radical (unpaired) electrons. The first-order chi connectivity index (χ1) is 11.3. The fraction of sp³-hybridized carbons (Fsp3) is 0.591. The zero-order chi connectivity index (χ0) is 17.9. The second-order valence-corrected chi connectivity index (χ2v) is 7.68. The fourth-order valence-electron chi connectivity index (χ4n) is 3.68. The minimum absolute atomic E-state index is 0.206. The molecule has 24 heavy (non-hydrogen) atoms. The van der Waals surface area contributed by atoms with Crippen molar-refractivity contribution >= 4 is 5.97 Å². The summed E-state index contributed by atoms with van der Waals surface area (Å²) in [6.45, 7) is 13.6. The highest BCUT2D eigenvalue weighted by molar-refractivity contribution is 5.89. The van der Waals surface area contributed by atoms with E-state index in [0.29, 0.717) is 29.9 Å². The molecule has 4 unspecified atom stereocenters. The quantitative estimate of drug-likeness (QED) is 0.510. The molecule has 0 saturated heterocycles. The van der Waals surface area contributed by atoms with Crippen molar-refractivity contribution in [3.05, 3.63) is 46.5 Å². The number of carbonyl (C=O) groups excluding carboxylic acids is 1. The van der Waals surface area contributed by atoms with Crippen molar-refractivity contribution in [2.75, 3.05) is 6.61 Å². The van der Waals surface area contributed by atoms with Crippen LogP contribution in [0.2, 0.25) is 0 Å². The molecule has 0 aromatic heterocycles. The van der Waals surface area contributed by atoms with Crippen molar-refractivity contribution in [1.82, 2.24) is 0 Å². The molecule has 0 N–H and O–H groups in total. The van der Waals surface area contributed by atoms with Gasteiger partial charge in [0.2, 0.25) is 0 Å². The minimum Gasteiger partial charge on any atom is -0.461 e. The van der Waals surface area contributed by atoms with E-state index >= 15 is 0 Å². The summed E-state index contributed by atoms with van der Waals surface area (Å²) in [5.41, 5.74) is 4.36. The Hall–Kier alpha value is -1.57. The van der Waals surface area contributed by atoms with E-state index in [-0.39, 0.29) is 5.97 Å². The number of rotatable bonds is 5. The Morgan fingerprint density at radius 2 is 1.96 bits per heavy atom. The number of aryl methyl sites for hydroxylation is 2. The Balaban J connectivity index is 2.00. The molecule has 1 aliphatic carbocycles. The molecule has 1 aliphatic rings. The van der Waals surface area contributed by atoms with Gasteiger partial charge in [0, 0.05) is 5.92 Å². The summed E-state index contributed by atoms with van der Waals surface area (Å²) in [5, 5.41) is 0. The van der Waals surface area contributed by atoms with Crippen molar-refractivity contribution in [3.63, 3.8) is 0 Å². The third-order valence-electron chi connectivity index (χ3n) is 5.90. The molecule has 2 rings (SSSR count). The predicted octanol–water partition coefficient (Wildman–Crippen LogP) is 5.72. The standard InChI is InChI=1S/C22H32O2/c1-7-14(2)20-11-17(5)21(18(6)12-20)13-24-22(23)19-9-8-15(3)16(4)10-19/h8-11,14,18,20-21H,7,12-13H2,1-6H3. The van der Waals surface area contributed by atoms with E-state index in [9.17, 15) is 4.79 Å². The van der Waals surface area contributed by atoms with Crippen LogP contribution in [-0.4, -0.2) is 12.6 Å². The van der Waals surface area contributed by atoms with E-state index in [1.165, 1.54) is 24.0 Å². The maximum atomic E-state index is 12.3. The Morgan fingerprint density at radius 3 is 2.54 bits per heavy atom. The van der Waals surface area contributed by atoms with E-state index in [2.05, 4.69) is 40.7 Å². The molecule has 0 saturated carbocycles. The van der Waals surface area contributed by atoms with E-state index in [1.54, 1.807) is 0 Å². The first-order valence-electron chi connectivity index (χ1n) is 9.26. The lowest BCUT2D eigenvalue weighted by Gasteiger charge is -2.35. The van der Waals surface area contributed by atoms with Gasteiger partial charge < -0.3 is 4.74 Å². The number of esters is 1. The maximum Gasteiger partial charge on any atom is 0.338 e. The lowest BCUT2D eigenvalue weighted by Crippen LogP contribution is -2.29. The number of hydrogen-bond donors (Lipinski definition) is 0.